The molecule has 0 radical (unpaired) electrons. The van der Waals surface area contributed by atoms with Gasteiger partial charge in [-0.2, -0.15) is 0 Å². The van der Waals surface area contributed by atoms with E-state index in [1.165, 1.54) is 0 Å². The Bertz CT molecular complexity index is 1240. The first-order valence-electron chi connectivity index (χ1n) is 10.8. The number of phenols is 2. The van der Waals surface area contributed by atoms with Gasteiger partial charge in [-0.3, -0.25) is 0 Å². The second kappa shape index (κ2) is 8.67. The van der Waals surface area contributed by atoms with Crippen molar-refractivity contribution in [2.75, 3.05) is 0 Å². The monoisotopic (exact) mass is 424 g/mol. The predicted molar refractivity (Wildman–Crippen MR) is 124 cm³/mol. The van der Waals surface area contributed by atoms with E-state index in [1.54, 1.807) is 12.1 Å². The van der Waals surface area contributed by atoms with Crippen molar-refractivity contribution in [1.82, 2.24) is 0 Å². The van der Waals surface area contributed by atoms with Crippen molar-refractivity contribution < 1.29 is 19.7 Å². The summed E-state index contributed by atoms with van der Waals surface area (Å²) < 4.78 is 12.0. The Morgan fingerprint density at radius 3 is 2.06 bits per heavy atom. The highest BCUT2D eigenvalue weighted by Gasteiger charge is 2.12. The van der Waals surface area contributed by atoms with E-state index in [9.17, 15) is 10.2 Å². The lowest BCUT2D eigenvalue weighted by Gasteiger charge is -2.14. The topological polar surface area (TPSA) is 58.9 Å². The molecule has 4 heteroatoms. The fourth-order valence-electron chi connectivity index (χ4n) is 3.99. The Kier molecular flexibility index (Phi) is 5.42. The van der Waals surface area contributed by atoms with Gasteiger partial charge in [0.2, 0.25) is 0 Å². The lowest BCUT2D eigenvalue weighted by molar-refractivity contribution is 0.407. The van der Waals surface area contributed by atoms with Crippen LogP contribution in [-0.4, -0.2) is 10.2 Å². The minimum atomic E-state index is 0.132. The van der Waals surface area contributed by atoms with Crippen LogP contribution in [0.2, 0.25) is 0 Å². The molecule has 0 fully saturated rings. The van der Waals surface area contributed by atoms with Crippen LogP contribution in [-0.2, 0) is 25.7 Å². The highest BCUT2D eigenvalue weighted by molar-refractivity contribution is 5.49. The molecule has 8 rings (SSSR count). The van der Waals surface area contributed by atoms with Gasteiger partial charge in [-0.05, 0) is 90.4 Å². The molecule has 0 aliphatic carbocycles. The molecule has 0 saturated carbocycles. The van der Waals surface area contributed by atoms with Crippen LogP contribution in [0, 0.1) is 0 Å². The summed E-state index contributed by atoms with van der Waals surface area (Å²) in [7, 11) is 0. The van der Waals surface area contributed by atoms with Crippen LogP contribution in [0.15, 0.2) is 84.9 Å². The van der Waals surface area contributed by atoms with Crippen molar-refractivity contribution >= 4 is 0 Å². The summed E-state index contributed by atoms with van der Waals surface area (Å²) in [5, 5.41) is 20.9. The Labute approximate surface area is 187 Å². The van der Waals surface area contributed by atoms with E-state index in [1.807, 2.05) is 66.7 Å². The fourth-order valence-corrected chi connectivity index (χ4v) is 3.99. The summed E-state index contributed by atoms with van der Waals surface area (Å²) in [6.07, 6.45) is 3.09. The van der Waals surface area contributed by atoms with Crippen molar-refractivity contribution in [1.29, 1.82) is 0 Å². The number of rotatable bonds is 0. The highest BCUT2D eigenvalue weighted by Crippen LogP contribution is 2.36. The molecule has 6 bridgehead atoms. The molecule has 0 atom stereocenters. The largest absolute Gasteiger partial charge is 0.504 e. The van der Waals surface area contributed by atoms with E-state index in [-0.39, 0.29) is 11.5 Å². The Morgan fingerprint density at radius 2 is 1.25 bits per heavy atom. The van der Waals surface area contributed by atoms with E-state index in [2.05, 4.69) is 6.07 Å². The lowest BCUT2D eigenvalue weighted by atomic mass is 10.0. The van der Waals surface area contributed by atoms with E-state index < -0.39 is 0 Å². The normalized spacial score (nSPS) is 13.2. The molecule has 0 aromatic heterocycles. The molecule has 0 amide bonds. The zero-order valence-electron chi connectivity index (χ0n) is 17.6. The molecule has 4 heterocycles. The van der Waals surface area contributed by atoms with Crippen LogP contribution >= 0.6 is 0 Å². The van der Waals surface area contributed by atoms with Crippen molar-refractivity contribution in [2.45, 2.75) is 25.7 Å². The van der Waals surface area contributed by atoms with Gasteiger partial charge in [-0.25, -0.2) is 0 Å². The van der Waals surface area contributed by atoms with E-state index in [4.69, 9.17) is 9.47 Å². The molecule has 4 aliphatic rings. The molecule has 0 unspecified atom stereocenters. The minimum Gasteiger partial charge on any atom is -0.504 e. The third-order valence-electron chi connectivity index (χ3n) is 5.75. The maximum atomic E-state index is 10.5. The fraction of sp³-hybridized carbons (Fsp3) is 0.143. The molecule has 2 N–H and O–H groups in total. The van der Waals surface area contributed by atoms with Gasteiger partial charge in [0.25, 0.3) is 0 Å². The predicted octanol–water partition coefficient (Wildman–Crippen LogP) is 6.57. The van der Waals surface area contributed by atoms with Crippen LogP contribution in [0.5, 0.6) is 34.5 Å². The number of benzene rings is 4. The van der Waals surface area contributed by atoms with E-state index >= 15 is 0 Å². The number of hydrogen-bond acceptors (Lipinski definition) is 4. The first-order valence-corrected chi connectivity index (χ1v) is 10.8. The number of aromatic hydroxyl groups is 2. The number of para-hydroxylation sites is 1. The van der Waals surface area contributed by atoms with Crippen LogP contribution in [0.25, 0.3) is 0 Å². The van der Waals surface area contributed by atoms with Gasteiger partial charge in [-0.15, -0.1) is 0 Å². The van der Waals surface area contributed by atoms with Crippen LogP contribution < -0.4 is 9.47 Å². The molecule has 4 nitrogen and oxygen atoms in total. The molecular formula is C28H24O4. The minimum absolute atomic E-state index is 0.132. The standard InChI is InChI=1S/C28H24O4/c29-25-6-2-4-22-13-9-19-10-14-23(15-11-19)31-27-16-12-21(18-26(27)30)8-7-20-3-1-5-24(17-20)32-28(22)25/h1-6,10-12,14-18,29-30H,7-9,13H2. The quantitative estimate of drug-likeness (QED) is 0.335. The van der Waals surface area contributed by atoms with Crippen molar-refractivity contribution in [2.24, 2.45) is 0 Å². The first kappa shape index (κ1) is 20.0. The van der Waals surface area contributed by atoms with Crippen molar-refractivity contribution in [3.8, 4) is 34.5 Å². The average Bonchev–Trinajstić information content (AvgIpc) is 2.80. The number of ether oxygens (including phenoxy) is 2. The molecule has 4 aliphatic heterocycles. The summed E-state index contributed by atoms with van der Waals surface area (Å²) in [6.45, 7) is 0. The van der Waals surface area contributed by atoms with Crippen molar-refractivity contribution in [3.63, 3.8) is 0 Å². The van der Waals surface area contributed by atoms with E-state index in [0.29, 0.717) is 23.0 Å². The Balaban J connectivity index is 1.53. The zero-order chi connectivity index (χ0) is 21.9. The van der Waals surface area contributed by atoms with Gasteiger partial charge in [0.05, 0.1) is 0 Å². The average molecular weight is 424 g/mol. The Morgan fingerprint density at radius 1 is 0.531 bits per heavy atom. The first-order chi connectivity index (χ1) is 15.6. The Hall–Kier alpha value is -3.92. The van der Waals surface area contributed by atoms with Crippen LogP contribution in [0.1, 0.15) is 22.3 Å². The van der Waals surface area contributed by atoms with Gasteiger partial charge >= 0.3 is 0 Å². The van der Waals surface area contributed by atoms with E-state index in [0.717, 1.165) is 47.9 Å². The molecule has 0 spiro atoms. The molecular weight excluding hydrogens is 400 g/mol. The summed E-state index contributed by atoms with van der Waals surface area (Å²) in [5.74, 6) is 2.58. The molecule has 4 aromatic rings. The van der Waals surface area contributed by atoms with Gasteiger partial charge < -0.3 is 19.7 Å². The lowest BCUT2D eigenvalue weighted by Crippen LogP contribution is -1.97. The molecule has 0 saturated heterocycles. The van der Waals surface area contributed by atoms with Gasteiger partial charge in [0.15, 0.2) is 23.0 Å². The third kappa shape index (κ3) is 4.40. The maximum absolute atomic E-state index is 10.5. The second-order valence-electron chi connectivity index (χ2n) is 8.06. The molecule has 4 aromatic carbocycles. The summed E-state index contributed by atoms with van der Waals surface area (Å²) in [4.78, 5) is 0. The second-order valence-corrected chi connectivity index (χ2v) is 8.06. The SMILES string of the molecule is Oc1cc2ccc1Oc1ccc(cc1)CCc1cccc(O)c1Oc1cccc(c1)CC2. The smallest absolute Gasteiger partial charge is 0.172 e. The zero-order valence-corrected chi connectivity index (χ0v) is 17.6. The van der Waals surface area contributed by atoms with Crippen molar-refractivity contribution in [3.05, 3.63) is 107 Å². The number of aryl methyl sites for hydroxylation is 4. The summed E-state index contributed by atoms with van der Waals surface area (Å²) in [5.41, 5.74) is 4.24. The maximum Gasteiger partial charge on any atom is 0.172 e. The van der Waals surface area contributed by atoms with Gasteiger partial charge in [0.1, 0.15) is 11.5 Å². The van der Waals surface area contributed by atoms with Crippen LogP contribution in [0.3, 0.4) is 0 Å². The van der Waals surface area contributed by atoms with Gasteiger partial charge in [-0.1, -0.05) is 42.5 Å². The third-order valence-corrected chi connectivity index (χ3v) is 5.75. The molecule has 160 valence electrons. The highest BCUT2D eigenvalue weighted by atomic mass is 16.5. The van der Waals surface area contributed by atoms with Gasteiger partial charge in [0, 0.05) is 0 Å². The summed E-state index contributed by atoms with van der Waals surface area (Å²) >= 11 is 0. The molecule has 32 heavy (non-hydrogen) atoms. The van der Waals surface area contributed by atoms with Crippen LogP contribution in [0.4, 0.5) is 0 Å². The number of hydrogen-bond donors (Lipinski definition) is 2. The summed E-state index contributed by atoms with van der Waals surface area (Å²) in [6, 6.07) is 26.8. The number of phenolic OH excluding ortho intramolecular Hbond substituents is 2.